The molecule has 2 N–H and O–H groups in total. The van der Waals surface area contributed by atoms with E-state index in [1.165, 1.54) is 6.07 Å². The molecular formula is C9H6ClNO2. The number of nitrogens with zero attached hydrogens (tertiary/aromatic N) is 1. The molecule has 66 valence electrons. The average molecular weight is 196 g/mol. The molecule has 0 saturated heterocycles. The SMILES string of the molecule is Oc1cc2cnccc2c(Cl)c1O. The van der Waals surface area contributed by atoms with Crippen LogP contribution in [0.15, 0.2) is 24.5 Å². The summed E-state index contributed by atoms with van der Waals surface area (Å²) in [6, 6.07) is 3.10. The molecule has 4 heteroatoms. The molecule has 1 aromatic carbocycles. The Bertz CT molecular complexity index is 470. The van der Waals surface area contributed by atoms with Gasteiger partial charge in [0.25, 0.3) is 0 Å². The summed E-state index contributed by atoms with van der Waals surface area (Å²) < 4.78 is 0. The van der Waals surface area contributed by atoms with Crippen LogP contribution in [0.2, 0.25) is 5.02 Å². The van der Waals surface area contributed by atoms with Gasteiger partial charge in [0.2, 0.25) is 0 Å². The lowest BCUT2D eigenvalue weighted by molar-refractivity contribution is 0.405. The van der Waals surface area contributed by atoms with Crippen LogP contribution in [0.25, 0.3) is 10.8 Å². The van der Waals surface area contributed by atoms with Gasteiger partial charge in [0, 0.05) is 23.2 Å². The van der Waals surface area contributed by atoms with Crippen LogP contribution in [-0.4, -0.2) is 15.2 Å². The second-order valence-corrected chi connectivity index (χ2v) is 3.03. The number of rotatable bonds is 0. The third kappa shape index (κ3) is 1.17. The van der Waals surface area contributed by atoms with Crippen LogP contribution >= 0.6 is 11.6 Å². The summed E-state index contributed by atoms with van der Waals surface area (Å²) >= 11 is 5.79. The van der Waals surface area contributed by atoms with E-state index in [0.29, 0.717) is 10.8 Å². The molecule has 0 saturated carbocycles. The Labute approximate surface area is 79.2 Å². The van der Waals surface area contributed by atoms with E-state index < -0.39 is 0 Å². The number of pyridine rings is 1. The van der Waals surface area contributed by atoms with Gasteiger partial charge in [-0.25, -0.2) is 0 Å². The van der Waals surface area contributed by atoms with E-state index in [2.05, 4.69) is 4.98 Å². The fraction of sp³-hybridized carbons (Fsp3) is 0. The predicted octanol–water partition coefficient (Wildman–Crippen LogP) is 2.30. The lowest BCUT2D eigenvalue weighted by Crippen LogP contribution is -1.78. The van der Waals surface area contributed by atoms with Crippen molar-refractivity contribution in [1.82, 2.24) is 4.98 Å². The second-order valence-electron chi connectivity index (χ2n) is 2.66. The predicted molar refractivity (Wildman–Crippen MR) is 50.1 cm³/mol. The zero-order valence-electron chi connectivity index (χ0n) is 6.53. The third-order valence-corrected chi connectivity index (χ3v) is 2.21. The molecule has 0 fully saturated rings. The Morgan fingerprint density at radius 2 is 2.08 bits per heavy atom. The lowest BCUT2D eigenvalue weighted by Gasteiger charge is -2.03. The van der Waals surface area contributed by atoms with Crippen molar-refractivity contribution in [3.8, 4) is 11.5 Å². The molecule has 1 aromatic heterocycles. The van der Waals surface area contributed by atoms with Gasteiger partial charge in [0.1, 0.15) is 0 Å². The third-order valence-electron chi connectivity index (χ3n) is 1.83. The molecule has 2 aromatic rings. The summed E-state index contributed by atoms with van der Waals surface area (Å²) in [5, 5.41) is 20.1. The topological polar surface area (TPSA) is 53.4 Å². The van der Waals surface area contributed by atoms with Gasteiger partial charge in [-0.2, -0.15) is 0 Å². The standard InChI is InChI=1S/C9H6ClNO2/c10-8-6-1-2-11-4-5(6)3-7(12)9(8)13/h1-4,12-13H. The van der Waals surface area contributed by atoms with Gasteiger partial charge in [-0.3, -0.25) is 4.98 Å². The second kappa shape index (κ2) is 2.78. The summed E-state index contributed by atoms with van der Waals surface area (Å²) in [5.41, 5.74) is 0. The maximum Gasteiger partial charge on any atom is 0.177 e. The first-order valence-electron chi connectivity index (χ1n) is 3.64. The van der Waals surface area contributed by atoms with E-state index in [0.717, 1.165) is 0 Å². The summed E-state index contributed by atoms with van der Waals surface area (Å²) in [7, 11) is 0. The van der Waals surface area contributed by atoms with Crippen LogP contribution in [0.5, 0.6) is 11.5 Å². The van der Waals surface area contributed by atoms with Crippen molar-refractivity contribution in [2.24, 2.45) is 0 Å². The van der Waals surface area contributed by atoms with E-state index in [1.807, 2.05) is 0 Å². The number of fused-ring (bicyclic) bond motifs is 1. The first-order valence-corrected chi connectivity index (χ1v) is 4.02. The highest BCUT2D eigenvalue weighted by atomic mass is 35.5. The highest BCUT2D eigenvalue weighted by Crippen LogP contribution is 2.38. The van der Waals surface area contributed by atoms with Crippen molar-refractivity contribution < 1.29 is 10.2 Å². The van der Waals surface area contributed by atoms with E-state index >= 15 is 0 Å². The molecule has 0 atom stereocenters. The van der Waals surface area contributed by atoms with Crippen molar-refractivity contribution in [2.75, 3.05) is 0 Å². The van der Waals surface area contributed by atoms with E-state index in [-0.39, 0.29) is 16.5 Å². The summed E-state index contributed by atoms with van der Waals surface area (Å²) in [6.45, 7) is 0. The van der Waals surface area contributed by atoms with Crippen LogP contribution in [0, 0.1) is 0 Å². The number of benzene rings is 1. The molecule has 0 unspecified atom stereocenters. The highest BCUT2D eigenvalue weighted by molar-refractivity contribution is 6.37. The molecule has 0 spiro atoms. The zero-order chi connectivity index (χ0) is 9.42. The summed E-state index contributed by atoms with van der Waals surface area (Å²) in [6.07, 6.45) is 3.14. The minimum absolute atomic E-state index is 0.150. The molecule has 0 radical (unpaired) electrons. The lowest BCUT2D eigenvalue weighted by atomic mass is 10.1. The minimum Gasteiger partial charge on any atom is -0.504 e. The molecule has 2 rings (SSSR count). The number of hydrogen-bond donors (Lipinski definition) is 2. The van der Waals surface area contributed by atoms with E-state index in [1.54, 1.807) is 18.5 Å². The monoisotopic (exact) mass is 195 g/mol. The molecule has 0 aliphatic rings. The molecule has 0 aliphatic heterocycles. The number of aromatic hydroxyl groups is 2. The van der Waals surface area contributed by atoms with Gasteiger partial charge in [-0.05, 0) is 12.1 Å². The minimum atomic E-state index is -0.291. The Hall–Kier alpha value is -1.48. The number of phenols is 2. The summed E-state index contributed by atoms with van der Waals surface area (Å²) in [4.78, 5) is 3.87. The molecule has 13 heavy (non-hydrogen) atoms. The van der Waals surface area contributed by atoms with Crippen LogP contribution in [0.1, 0.15) is 0 Å². The normalized spacial score (nSPS) is 10.5. The molecule has 1 heterocycles. The number of phenolic OH excluding ortho intramolecular Hbond substituents is 2. The van der Waals surface area contributed by atoms with Gasteiger partial charge in [-0.1, -0.05) is 11.6 Å². The van der Waals surface area contributed by atoms with Crippen LogP contribution in [0.4, 0.5) is 0 Å². The Morgan fingerprint density at radius 3 is 2.85 bits per heavy atom. The van der Waals surface area contributed by atoms with E-state index in [4.69, 9.17) is 11.6 Å². The quantitative estimate of drug-likeness (QED) is 0.635. The number of hydrogen-bond acceptors (Lipinski definition) is 3. The first kappa shape index (κ1) is 8.13. The van der Waals surface area contributed by atoms with Crippen molar-refractivity contribution in [3.63, 3.8) is 0 Å². The number of halogens is 1. The van der Waals surface area contributed by atoms with Crippen LogP contribution in [0.3, 0.4) is 0 Å². The Balaban J connectivity index is 2.94. The largest absolute Gasteiger partial charge is 0.504 e. The van der Waals surface area contributed by atoms with Crippen molar-refractivity contribution >= 4 is 22.4 Å². The van der Waals surface area contributed by atoms with Crippen molar-refractivity contribution in [2.45, 2.75) is 0 Å². The average Bonchev–Trinajstić information content (AvgIpc) is 2.15. The van der Waals surface area contributed by atoms with Gasteiger partial charge < -0.3 is 10.2 Å². The molecule has 3 nitrogen and oxygen atoms in total. The van der Waals surface area contributed by atoms with Crippen molar-refractivity contribution in [1.29, 1.82) is 0 Å². The molecule has 0 amide bonds. The van der Waals surface area contributed by atoms with Crippen molar-refractivity contribution in [3.05, 3.63) is 29.5 Å². The smallest absolute Gasteiger partial charge is 0.177 e. The van der Waals surface area contributed by atoms with E-state index in [9.17, 15) is 10.2 Å². The summed E-state index contributed by atoms with van der Waals surface area (Å²) in [5.74, 6) is -0.522. The zero-order valence-corrected chi connectivity index (χ0v) is 7.28. The van der Waals surface area contributed by atoms with Crippen LogP contribution in [-0.2, 0) is 0 Å². The maximum absolute atomic E-state index is 9.30. The van der Waals surface area contributed by atoms with Gasteiger partial charge in [0.05, 0.1) is 5.02 Å². The fourth-order valence-corrected chi connectivity index (χ4v) is 1.45. The Morgan fingerprint density at radius 1 is 1.31 bits per heavy atom. The maximum atomic E-state index is 9.30. The van der Waals surface area contributed by atoms with Gasteiger partial charge >= 0.3 is 0 Å². The van der Waals surface area contributed by atoms with Crippen LogP contribution < -0.4 is 0 Å². The highest BCUT2D eigenvalue weighted by Gasteiger charge is 2.09. The molecule has 0 bridgehead atoms. The first-order chi connectivity index (χ1) is 6.20. The molecule has 0 aliphatic carbocycles. The number of aromatic nitrogens is 1. The van der Waals surface area contributed by atoms with Gasteiger partial charge in [0.15, 0.2) is 11.5 Å². The Kier molecular flexibility index (Phi) is 1.74. The molecular weight excluding hydrogens is 190 g/mol. The fourth-order valence-electron chi connectivity index (χ4n) is 1.18. The van der Waals surface area contributed by atoms with Gasteiger partial charge in [-0.15, -0.1) is 0 Å².